The maximum absolute atomic E-state index is 13.0. The van der Waals surface area contributed by atoms with Crippen LogP contribution in [0, 0.1) is 6.92 Å². The van der Waals surface area contributed by atoms with Gasteiger partial charge in [-0.2, -0.15) is 0 Å². The van der Waals surface area contributed by atoms with E-state index in [-0.39, 0.29) is 11.0 Å². The average Bonchev–Trinajstić information content (AvgIpc) is 2.82. The van der Waals surface area contributed by atoms with Crippen LogP contribution in [-0.4, -0.2) is 28.1 Å². The van der Waals surface area contributed by atoms with Crippen LogP contribution in [0.2, 0.25) is 0 Å². The third-order valence-electron chi connectivity index (χ3n) is 4.78. The number of pyridine rings is 2. The van der Waals surface area contributed by atoms with Crippen LogP contribution in [-0.2, 0) is 0 Å². The number of fused-ring (bicyclic) bond motifs is 1. The molecule has 0 fully saturated rings. The van der Waals surface area contributed by atoms with Gasteiger partial charge in [-0.15, -0.1) is 0 Å². The van der Waals surface area contributed by atoms with Gasteiger partial charge in [-0.1, -0.05) is 30.3 Å². The minimum absolute atomic E-state index is 0.227. The molecule has 0 radical (unpaired) electrons. The van der Waals surface area contributed by atoms with E-state index >= 15 is 0 Å². The lowest BCUT2D eigenvalue weighted by Crippen LogP contribution is -2.43. The third-order valence-corrected chi connectivity index (χ3v) is 4.98. The number of ether oxygens (including phenoxy) is 1. The Morgan fingerprint density at radius 1 is 0.969 bits per heavy atom. The molecule has 1 amide bonds. The van der Waals surface area contributed by atoms with E-state index in [1.165, 1.54) is 0 Å². The molecule has 2 aromatic heterocycles. The van der Waals surface area contributed by atoms with Gasteiger partial charge in [0.25, 0.3) is 5.91 Å². The standard InChI is InChI=1S/C24H21N5O2S/c1-15-10-11-22(31-2)21(13-15)27-24(32)29-28-23(30)17-14-20(19-9-5-6-12-25-19)26-18-8-4-3-7-16(17)18/h3-14H,1-2H3,(H,28,30)(H2,27,29,32). The second-order valence-electron chi connectivity index (χ2n) is 7.02. The van der Waals surface area contributed by atoms with Gasteiger partial charge in [-0.05, 0) is 61.1 Å². The van der Waals surface area contributed by atoms with Crippen molar-refractivity contribution in [2.45, 2.75) is 6.92 Å². The maximum Gasteiger partial charge on any atom is 0.270 e. The Labute approximate surface area is 190 Å². The number of rotatable bonds is 4. The quantitative estimate of drug-likeness (QED) is 0.321. The van der Waals surface area contributed by atoms with Crippen LogP contribution in [0.1, 0.15) is 15.9 Å². The van der Waals surface area contributed by atoms with Crippen molar-refractivity contribution in [3.05, 3.63) is 84.1 Å². The fourth-order valence-corrected chi connectivity index (χ4v) is 3.42. The SMILES string of the molecule is COc1ccc(C)cc1NC(=S)NNC(=O)c1cc(-c2ccccn2)nc2ccccc12. The normalized spacial score (nSPS) is 10.4. The number of aromatic nitrogens is 2. The Morgan fingerprint density at radius 3 is 2.56 bits per heavy atom. The molecule has 4 rings (SSSR count). The highest BCUT2D eigenvalue weighted by molar-refractivity contribution is 7.80. The number of nitrogens with zero attached hydrogens (tertiary/aromatic N) is 2. The minimum atomic E-state index is -0.346. The fraction of sp³-hybridized carbons (Fsp3) is 0.0833. The number of methoxy groups -OCH3 is 1. The van der Waals surface area contributed by atoms with E-state index in [0.717, 1.165) is 10.9 Å². The predicted molar refractivity (Wildman–Crippen MR) is 130 cm³/mol. The van der Waals surface area contributed by atoms with Crippen molar-refractivity contribution in [1.82, 2.24) is 20.8 Å². The first-order valence-electron chi connectivity index (χ1n) is 9.88. The number of amides is 1. The largest absolute Gasteiger partial charge is 0.495 e. The maximum atomic E-state index is 13.0. The van der Waals surface area contributed by atoms with E-state index in [1.807, 2.05) is 67.6 Å². The smallest absolute Gasteiger partial charge is 0.270 e. The molecule has 160 valence electrons. The summed E-state index contributed by atoms with van der Waals surface area (Å²) in [7, 11) is 1.59. The summed E-state index contributed by atoms with van der Waals surface area (Å²) in [6.45, 7) is 1.97. The number of nitrogens with one attached hydrogen (secondary N) is 3. The Morgan fingerprint density at radius 2 is 1.78 bits per heavy atom. The summed E-state index contributed by atoms with van der Waals surface area (Å²) in [5.41, 5.74) is 9.61. The van der Waals surface area contributed by atoms with Crippen molar-refractivity contribution in [2.24, 2.45) is 0 Å². The molecule has 0 aliphatic rings. The molecule has 0 aliphatic heterocycles. The predicted octanol–water partition coefficient (Wildman–Crippen LogP) is 4.25. The topological polar surface area (TPSA) is 88.2 Å². The summed E-state index contributed by atoms with van der Waals surface area (Å²) >= 11 is 5.34. The van der Waals surface area contributed by atoms with Crippen LogP contribution in [0.15, 0.2) is 72.9 Å². The number of anilines is 1. The van der Waals surface area contributed by atoms with Crippen LogP contribution in [0.4, 0.5) is 5.69 Å². The second-order valence-corrected chi connectivity index (χ2v) is 7.43. The molecule has 2 heterocycles. The van der Waals surface area contributed by atoms with Crippen LogP contribution in [0.3, 0.4) is 0 Å². The molecule has 0 spiro atoms. The summed E-state index contributed by atoms with van der Waals surface area (Å²) in [5.74, 6) is 0.298. The molecule has 4 aromatic rings. The molecule has 3 N–H and O–H groups in total. The average molecular weight is 444 g/mol. The molecular weight excluding hydrogens is 422 g/mol. The number of benzene rings is 2. The van der Waals surface area contributed by atoms with Crippen molar-refractivity contribution in [1.29, 1.82) is 0 Å². The number of carbonyl (C=O) groups excluding carboxylic acids is 1. The number of hydrogen-bond acceptors (Lipinski definition) is 5. The van der Waals surface area contributed by atoms with Crippen molar-refractivity contribution in [3.8, 4) is 17.1 Å². The van der Waals surface area contributed by atoms with Gasteiger partial charge in [0.2, 0.25) is 0 Å². The Hall–Kier alpha value is -4.04. The first-order chi connectivity index (χ1) is 15.5. The van der Waals surface area contributed by atoms with Crippen molar-refractivity contribution < 1.29 is 9.53 Å². The number of thiocarbonyl (C=S) groups is 1. The van der Waals surface area contributed by atoms with Gasteiger partial charge in [-0.3, -0.25) is 20.6 Å². The number of hydrogen-bond donors (Lipinski definition) is 3. The minimum Gasteiger partial charge on any atom is -0.495 e. The van der Waals surface area contributed by atoms with Gasteiger partial charge in [0.15, 0.2) is 5.11 Å². The Balaban J connectivity index is 1.55. The van der Waals surface area contributed by atoms with Crippen molar-refractivity contribution in [2.75, 3.05) is 12.4 Å². The lowest BCUT2D eigenvalue weighted by Gasteiger charge is -2.15. The number of aryl methyl sites for hydroxylation is 1. The van der Waals surface area contributed by atoms with Crippen LogP contribution < -0.4 is 20.9 Å². The zero-order chi connectivity index (χ0) is 22.5. The first kappa shape index (κ1) is 21.2. The summed E-state index contributed by atoms with van der Waals surface area (Å²) in [4.78, 5) is 22.0. The van der Waals surface area contributed by atoms with E-state index in [9.17, 15) is 4.79 Å². The van der Waals surface area contributed by atoms with E-state index in [2.05, 4.69) is 26.1 Å². The first-order valence-corrected chi connectivity index (χ1v) is 10.3. The highest BCUT2D eigenvalue weighted by Crippen LogP contribution is 2.25. The Kier molecular flexibility index (Phi) is 6.23. The number of carbonyl (C=O) groups is 1. The summed E-state index contributed by atoms with van der Waals surface area (Å²) in [6.07, 6.45) is 1.69. The van der Waals surface area contributed by atoms with Gasteiger partial charge in [0, 0.05) is 11.6 Å². The van der Waals surface area contributed by atoms with Gasteiger partial charge < -0.3 is 10.1 Å². The highest BCUT2D eigenvalue weighted by atomic mass is 32.1. The second kappa shape index (κ2) is 9.40. The monoisotopic (exact) mass is 443 g/mol. The molecule has 0 atom stereocenters. The lowest BCUT2D eigenvalue weighted by atomic mass is 10.1. The molecule has 7 nitrogen and oxygen atoms in total. The van der Waals surface area contributed by atoms with Crippen LogP contribution in [0.25, 0.3) is 22.3 Å². The molecule has 8 heteroatoms. The van der Waals surface area contributed by atoms with E-state index < -0.39 is 0 Å². The summed E-state index contributed by atoms with van der Waals surface area (Å²) in [6, 6.07) is 20.4. The van der Waals surface area contributed by atoms with Gasteiger partial charge >= 0.3 is 0 Å². The molecular formula is C24H21N5O2S. The Bertz CT molecular complexity index is 1290. The molecule has 0 saturated heterocycles. The number of hydrazine groups is 1. The summed E-state index contributed by atoms with van der Waals surface area (Å²) < 4.78 is 5.35. The van der Waals surface area contributed by atoms with Crippen LogP contribution >= 0.6 is 12.2 Å². The van der Waals surface area contributed by atoms with E-state index in [0.29, 0.717) is 33.9 Å². The van der Waals surface area contributed by atoms with Crippen LogP contribution in [0.5, 0.6) is 5.75 Å². The van der Waals surface area contributed by atoms with Crippen molar-refractivity contribution >= 4 is 39.8 Å². The lowest BCUT2D eigenvalue weighted by molar-refractivity contribution is 0.0946. The van der Waals surface area contributed by atoms with E-state index in [4.69, 9.17) is 17.0 Å². The molecule has 0 aliphatic carbocycles. The van der Waals surface area contributed by atoms with E-state index in [1.54, 1.807) is 19.4 Å². The zero-order valence-corrected chi connectivity index (χ0v) is 18.4. The summed E-state index contributed by atoms with van der Waals surface area (Å²) in [5, 5.41) is 4.00. The molecule has 0 bridgehead atoms. The molecule has 2 aromatic carbocycles. The van der Waals surface area contributed by atoms with Crippen molar-refractivity contribution in [3.63, 3.8) is 0 Å². The fourth-order valence-electron chi connectivity index (χ4n) is 3.26. The molecule has 32 heavy (non-hydrogen) atoms. The van der Waals surface area contributed by atoms with Gasteiger partial charge in [0.05, 0.1) is 35.3 Å². The third kappa shape index (κ3) is 4.65. The molecule has 0 unspecified atom stereocenters. The van der Waals surface area contributed by atoms with Gasteiger partial charge in [0.1, 0.15) is 5.75 Å². The highest BCUT2D eigenvalue weighted by Gasteiger charge is 2.15. The van der Waals surface area contributed by atoms with Gasteiger partial charge in [-0.25, -0.2) is 4.98 Å². The number of para-hydroxylation sites is 1. The molecule has 0 saturated carbocycles. The zero-order valence-electron chi connectivity index (χ0n) is 17.5.